The van der Waals surface area contributed by atoms with Crippen molar-refractivity contribution in [1.82, 2.24) is 5.06 Å². The third-order valence-electron chi connectivity index (χ3n) is 1.39. The first-order chi connectivity index (χ1) is 4.04. The Hall–Kier alpha value is -0.120. The van der Waals surface area contributed by atoms with Gasteiger partial charge in [-0.1, -0.05) is 6.92 Å². The van der Waals surface area contributed by atoms with Crippen molar-refractivity contribution in [3.05, 3.63) is 5.21 Å². The number of ether oxygens (including phenoxy) is 1. The van der Waals surface area contributed by atoms with Gasteiger partial charge in [-0.2, -0.15) is 0 Å². The lowest BCUT2D eigenvalue weighted by molar-refractivity contribution is -0.0825. The third-order valence-corrected chi connectivity index (χ3v) is 1.39. The lowest BCUT2D eigenvalue weighted by Crippen LogP contribution is -2.41. The molecule has 0 aromatic rings. The monoisotopic (exact) mass is 132 g/mol. The van der Waals surface area contributed by atoms with Crippen LogP contribution >= 0.6 is 0 Å². The van der Waals surface area contributed by atoms with E-state index in [9.17, 15) is 5.21 Å². The molecule has 0 bridgehead atoms. The maximum Gasteiger partial charge on any atom is 0.104 e. The van der Waals surface area contributed by atoms with Crippen LogP contribution in [0.5, 0.6) is 0 Å². The molecule has 0 radical (unpaired) electrons. The van der Waals surface area contributed by atoms with Crippen molar-refractivity contribution in [3.63, 3.8) is 0 Å². The van der Waals surface area contributed by atoms with Gasteiger partial charge in [0.15, 0.2) is 0 Å². The summed E-state index contributed by atoms with van der Waals surface area (Å²) in [6.07, 6.45) is 0. The Morgan fingerprint density at radius 3 is 2.11 bits per heavy atom. The van der Waals surface area contributed by atoms with E-state index in [1.54, 1.807) is 20.8 Å². The van der Waals surface area contributed by atoms with Gasteiger partial charge in [0.25, 0.3) is 0 Å². The largest absolute Gasteiger partial charge is 0.783 e. The van der Waals surface area contributed by atoms with E-state index < -0.39 is 5.72 Å². The van der Waals surface area contributed by atoms with E-state index in [0.29, 0.717) is 6.54 Å². The fraction of sp³-hybridized carbons (Fsp3) is 1.00. The Labute approximate surface area is 56.2 Å². The average molecular weight is 132 g/mol. The van der Waals surface area contributed by atoms with Gasteiger partial charge < -0.3 is 15.0 Å². The minimum absolute atomic E-state index is 0.459. The molecular formula is C6H14NO2-. The third kappa shape index (κ3) is 2.30. The standard InChI is InChI=1S/C6H14NO2/c1-5-7(8)6(2,3)9-4/h5H2,1-4H3/q-1. The predicted molar refractivity (Wildman–Crippen MR) is 36.8 cm³/mol. The summed E-state index contributed by atoms with van der Waals surface area (Å²) in [6, 6.07) is 0. The summed E-state index contributed by atoms with van der Waals surface area (Å²) in [7, 11) is 1.53. The Morgan fingerprint density at radius 1 is 1.56 bits per heavy atom. The zero-order valence-corrected chi connectivity index (χ0v) is 6.47. The first-order valence-electron chi connectivity index (χ1n) is 3.04. The second kappa shape index (κ2) is 3.15. The Bertz CT molecular complexity index is 83.1. The van der Waals surface area contributed by atoms with Gasteiger partial charge in [0.1, 0.15) is 5.72 Å². The van der Waals surface area contributed by atoms with Crippen LogP contribution < -0.4 is 0 Å². The first-order valence-corrected chi connectivity index (χ1v) is 3.04. The number of rotatable bonds is 3. The normalized spacial score (nSPS) is 12.7. The smallest absolute Gasteiger partial charge is 0.104 e. The average Bonchev–Trinajstić information content (AvgIpc) is 1.86. The fourth-order valence-corrected chi connectivity index (χ4v) is 0.483. The minimum atomic E-state index is -0.672. The van der Waals surface area contributed by atoms with Gasteiger partial charge in [0.05, 0.1) is 0 Å². The molecule has 0 heterocycles. The van der Waals surface area contributed by atoms with E-state index in [2.05, 4.69) is 0 Å². The molecule has 0 aromatic carbocycles. The van der Waals surface area contributed by atoms with Crippen LogP contribution in [0.1, 0.15) is 20.8 Å². The van der Waals surface area contributed by atoms with Crippen LogP contribution in [0.3, 0.4) is 0 Å². The first kappa shape index (κ1) is 8.88. The highest BCUT2D eigenvalue weighted by Gasteiger charge is 2.15. The van der Waals surface area contributed by atoms with Crippen LogP contribution in [0.2, 0.25) is 0 Å². The molecule has 0 aromatic heterocycles. The maximum absolute atomic E-state index is 10.9. The predicted octanol–water partition coefficient (Wildman–Crippen LogP) is 1.19. The molecule has 9 heavy (non-hydrogen) atoms. The lowest BCUT2D eigenvalue weighted by Gasteiger charge is -2.41. The van der Waals surface area contributed by atoms with E-state index in [1.165, 1.54) is 7.11 Å². The summed E-state index contributed by atoms with van der Waals surface area (Å²) in [5.41, 5.74) is -0.672. The summed E-state index contributed by atoms with van der Waals surface area (Å²) in [5, 5.41) is 11.8. The highest BCUT2D eigenvalue weighted by atomic mass is 16.6. The molecule has 0 fully saturated rings. The number of methoxy groups -OCH3 is 1. The molecular weight excluding hydrogens is 118 g/mol. The molecule has 56 valence electrons. The number of nitrogens with zero attached hydrogens (tertiary/aromatic N) is 1. The molecule has 0 saturated carbocycles. The highest BCUT2D eigenvalue weighted by molar-refractivity contribution is 4.69. The molecule has 0 aliphatic carbocycles. The number of hydrogen-bond donors (Lipinski definition) is 0. The quantitative estimate of drug-likeness (QED) is 0.427. The summed E-state index contributed by atoms with van der Waals surface area (Å²) in [5.74, 6) is 0. The molecule has 0 unspecified atom stereocenters. The number of hydrogen-bond acceptors (Lipinski definition) is 3. The van der Waals surface area contributed by atoms with E-state index >= 15 is 0 Å². The van der Waals surface area contributed by atoms with Crippen molar-refractivity contribution >= 4 is 0 Å². The van der Waals surface area contributed by atoms with E-state index in [4.69, 9.17) is 4.74 Å². The molecule has 0 saturated heterocycles. The summed E-state index contributed by atoms with van der Waals surface area (Å²) >= 11 is 0. The van der Waals surface area contributed by atoms with Gasteiger partial charge in [0, 0.05) is 7.11 Å². The maximum atomic E-state index is 10.9. The zero-order chi connectivity index (χ0) is 7.49. The SMILES string of the molecule is CCN([O-])C(C)(C)OC. The van der Waals surface area contributed by atoms with Gasteiger partial charge in [0.2, 0.25) is 0 Å². The van der Waals surface area contributed by atoms with Crippen molar-refractivity contribution in [2.24, 2.45) is 0 Å². The van der Waals surface area contributed by atoms with E-state index in [1.807, 2.05) is 0 Å². The van der Waals surface area contributed by atoms with Crippen molar-refractivity contribution < 1.29 is 4.74 Å². The summed E-state index contributed by atoms with van der Waals surface area (Å²) in [4.78, 5) is 0. The zero-order valence-electron chi connectivity index (χ0n) is 6.47. The molecule has 0 aliphatic rings. The van der Waals surface area contributed by atoms with Gasteiger partial charge in [-0.15, -0.1) is 0 Å². The Kier molecular flexibility index (Phi) is 3.11. The molecule has 3 heteroatoms. The van der Waals surface area contributed by atoms with Crippen LogP contribution in [0, 0.1) is 5.21 Å². The molecule has 0 amide bonds. The van der Waals surface area contributed by atoms with Crippen LogP contribution in [0.25, 0.3) is 0 Å². The van der Waals surface area contributed by atoms with Crippen molar-refractivity contribution in [2.75, 3.05) is 13.7 Å². The van der Waals surface area contributed by atoms with Crippen LogP contribution in [-0.2, 0) is 4.74 Å². The van der Waals surface area contributed by atoms with Crippen LogP contribution in [-0.4, -0.2) is 24.4 Å². The van der Waals surface area contributed by atoms with Gasteiger partial charge in [-0.3, -0.25) is 0 Å². The van der Waals surface area contributed by atoms with Crippen LogP contribution in [0.15, 0.2) is 0 Å². The van der Waals surface area contributed by atoms with Crippen molar-refractivity contribution in [1.29, 1.82) is 0 Å². The second-order valence-electron chi connectivity index (χ2n) is 2.35. The molecule has 0 aliphatic heterocycles. The summed E-state index contributed by atoms with van der Waals surface area (Å²) in [6.45, 7) is 5.74. The second-order valence-corrected chi connectivity index (χ2v) is 2.35. The number of hydroxylamine groups is 2. The highest BCUT2D eigenvalue weighted by Crippen LogP contribution is 2.11. The molecule has 0 atom stereocenters. The van der Waals surface area contributed by atoms with E-state index in [-0.39, 0.29) is 0 Å². The minimum Gasteiger partial charge on any atom is -0.783 e. The van der Waals surface area contributed by atoms with Gasteiger partial charge in [-0.25, -0.2) is 0 Å². The Morgan fingerprint density at radius 2 is 2.00 bits per heavy atom. The van der Waals surface area contributed by atoms with Crippen LogP contribution in [0.4, 0.5) is 0 Å². The topological polar surface area (TPSA) is 35.5 Å². The molecule has 3 nitrogen and oxygen atoms in total. The van der Waals surface area contributed by atoms with E-state index in [0.717, 1.165) is 5.06 Å². The molecule has 0 spiro atoms. The molecule has 0 N–H and O–H groups in total. The van der Waals surface area contributed by atoms with Gasteiger partial charge >= 0.3 is 0 Å². The molecule has 0 rings (SSSR count). The fourth-order valence-electron chi connectivity index (χ4n) is 0.483. The Balaban J connectivity index is 3.80. The van der Waals surface area contributed by atoms with Crippen molar-refractivity contribution in [2.45, 2.75) is 26.5 Å². The summed E-state index contributed by atoms with van der Waals surface area (Å²) < 4.78 is 4.90. The lowest BCUT2D eigenvalue weighted by atomic mass is 10.3. The van der Waals surface area contributed by atoms with Crippen molar-refractivity contribution in [3.8, 4) is 0 Å². The van der Waals surface area contributed by atoms with Gasteiger partial charge in [-0.05, 0) is 20.4 Å².